The highest BCUT2D eigenvalue weighted by Crippen LogP contribution is 2.39. The van der Waals surface area contributed by atoms with E-state index in [1.54, 1.807) is 11.3 Å². The van der Waals surface area contributed by atoms with E-state index in [0.717, 1.165) is 17.8 Å². The molecule has 0 saturated heterocycles. The second kappa shape index (κ2) is 5.63. The molecule has 3 atom stereocenters. The molecular formula is C13H20BrNS. The molecule has 0 spiro atoms. The zero-order chi connectivity index (χ0) is 11.5. The van der Waals surface area contributed by atoms with Gasteiger partial charge >= 0.3 is 0 Å². The third-order valence-electron chi connectivity index (χ3n) is 3.82. The smallest absolute Gasteiger partial charge is 0.0794 e. The highest BCUT2D eigenvalue weighted by molar-refractivity contribution is 9.09. The largest absolute Gasteiger partial charge is 0.253 e. The molecule has 1 heterocycles. The molecule has 1 aromatic rings. The van der Waals surface area contributed by atoms with Crippen molar-refractivity contribution in [3.8, 4) is 0 Å². The monoisotopic (exact) mass is 301 g/mol. The van der Waals surface area contributed by atoms with E-state index in [1.165, 1.54) is 30.6 Å². The molecule has 2 rings (SSSR count). The zero-order valence-electron chi connectivity index (χ0n) is 10.0. The molecule has 0 radical (unpaired) electrons. The first-order valence-electron chi connectivity index (χ1n) is 6.18. The maximum Gasteiger partial charge on any atom is 0.0794 e. The van der Waals surface area contributed by atoms with Gasteiger partial charge in [-0.25, -0.2) is 0 Å². The molecule has 3 heteroatoms. The third-order valence-corrected chi connectivity index (χ3v) is 5.83. The van der Waals surface area contributed by atoms with Crippen molar-refractivity contribution >= 4 is 27.3 Å². The van der Waals surface area contributed by atoms with Gasteiger partial charge in [-0.2, -0.15) is 0 Å². The number of alkyl halides is 1. The Balaban J connectivity index is 1.96. The van der Waals surface area contributed by atoms with Crippen LogP contribution in [0, 0.1) is 17.8 Å². The van der Waals surface area contributed by atoms with Gasteiger partial charge in [0.15, 0.2) is 0 Å². The third kappa shape index (κ3) is 3.07. The fourth-order valence-corrected chi connectivity index (χ4v) is 4.04. The maximum absolute atomic E-state index is 4.17. The molecule has 90 valence electrons. The van der Waals surface area contributed by atoms with Crippen molar-refractivity contribution < 1.29 is 0 Å². The zero-order valence-corrected chi connectivity index (χ0v) is 12.4. The Labute approximate surface area is 111 Å². The first-order chi connectivity index (χ1) is 7.66. The van der Waals surface area contributed by atoms with Gasteiger partial charge in [0.25, 0.3) is 0 Å². The summed E-state index contributed by atoms with van der Waals surface area (Å²) in [5, 5.41) is 0. The predicted molar refractivity (Wildman–Crippen MR) is 74.2 cm³/mol. The topological polar surface area (TPSA) is 12.9 Å². The molecule has 0 amide bonds. The van der Waals surface area contributed by atoms with Gasteiger partial charge in [-0.05, 0) is 43.4 Å². The summed E-state index contributed by atoms with van der Waals surface area (Å²) in [4.78, 5) is 6.33. The molecule has 1 nitrogen and oxygen atoms in total. The fraction of sp³-hybridized carbons (Fsp3) is 0.769. The summed E-state index contributed by atoms with van der Waals surface area (Å²) >= 11 is 5.66. The molecule has 0 N–H and O–H groups in total. The standard InChI is InChI=1S/C13H20BrNS/c1-9(2)10-3-4-13(14)11(5-10)6-12-7-15-8-16-12/h7-11,13H,3-6H2,1-2H3. The van der Waals surface area contributed by atoms with E-state index in [0.29, 0.717) is 4.83 Å². The van der Waals surface area contributed by atoms with Gasteiger partial charge < -0.3 is 0 Å². The second-order valence-electron chi connectivity index (χ2n) is 5.27. The second-order valence-corrected chi connectivity index (χ2v) is 7.41. The highest BCUT2D eigenvalue weighted by Gasteiger charge is 2.30. The normalized spacial score (nSPS) is 30.9. The lowest BCUT2D eigenvalue weighted by Gasteiger charge is -2.35. The molecule has 3 unspecified atom stereocenters. The summed E-state index contributed by atoms with van der Waals surface area (Å²) in [6, 6.07) is 0. The summed E-state index contributed by atoms with van der Waals surface area (Å²) in [5.41, 5.74) is 1.95. The molecule has 0 aliphatic heterocycles. The molecule has 1 aliphatic rings. The first kappa shape index (κ1) is 12.6. The van der Waals surface area contributed by atoms with Gasteiger partial charge in [-0.3, -0.25) is 4.98 Å². The summed E-state index contributed by atoms with van der Waals surface area (Å²) in [7, 11) is 0. The number of hydrogen-bond acceptors (Lipinski definition) is 2. The Morgan fingerprint density at radius 1 is 1.50 bits per heavy atom. The lowest BCUT2D eigenvalue weighted by Crippen LogP contribution is -2.28. The van der Waals surface area contributed by atoms with Crippen molar-refractivity contribution in [3.05, 3.63) is 16.6 Å². The minimum absolute atomic E-state index is 0.713. The Bertz CT molecular complexity index is 310. The summed E-state index contributed by atoms with van der Waals surface area (Å²) < 4.78 is 0. The van der Waals surface area contributed by atoms with E-state index in [1.807, 2.05) is 11.7 Å². The summed E-state index contributed by atoms with van der Waals surface area (Å²) in [5.74, 6) is 2.57. The van der Waals surface area contributed by atoms with E-state index in [9.17, 15) is 0 Å². The van der Waals surface area contributed by atoms with Crippen LogP contribution in [-0.4, -0.2) is 9.81 Å². The number of rotatable bonds is 3. The van der Waals surface area contributed by atoms with Crippen molar-refractivity contribution in [2.24, 2.45) is 17.8 Å². The summed E-state index contributed by atoms with van der Waals surface area (Å²) in [6.45, 7) is 4.73. The average molecular weight is 302 g/mol. The van der Waals surface area contributed by atoms with E-state index >= 15 is 0 Å². The molecule has 0 bridgehead atoms. The van der Waals surface area contributed by atoms with E-state index in [2.05, 4.69) is 34.8 Å². The van der Waals surface area contributed by atoms with Crippen LogP contribution in [0.1, 0.15) is 38.0 Å². The SMILES string of the molecule is CC(C)C1CCC(Br)C(Cc2cncs2)C1. The van der Waals surface area contributed by atoms with Crippen LogP contribution >= 0.6 is 27.3 Å². The van der Waals surface area contributed by atoms with E-state index in [4.69, 9.17) is 0 Å². The van der Waals surface area contributed by atoms with Crippen molar-refractivity contribution in [1.82, 2.24) is 4.98 Å². The molecule has 1 aromatic heterocycles. The quantitative estimate of drug-likeness (QED) is 0.748. The van der Waals surface area contributed by atoms with Crippen LogP contribution in [0.25, 0.3) is 0 Å². The molecule has 16 heavy (non-hydrogen) atoms. The van der Waals surface area contributed by atoms with E-state index in [-0.39, 0.29) is 0 Å². The molecule has 0 aromatic carbocycles. The van der Waals surface area contributed by atoms with Crippen LogP contribution in [0.4, 0.5) is 0 Å². The Hall–Kier alpha value is 0.110. The molecule has 1 aliphatic carbocycles. The van der Waals surface area contributed by atoms with Gasteiger partial charge in [0.05, 0.1) is 5.51 Å². The predicted octanol–water partition coefficient (Wildman–Crippen LogP) is 4.52. The van der Waals surface area contributed by atoms with Crippen molar-refractivity contribution in [2.75, 3.05) is 0 Å². The molecular weight excluding hydrogens is 282 g/mol. The maximum atomic E-state index is 4.17. The number of thiazole rings is 1. The Morgan fingerprint density at radius 3 is 2.94 bits per heavy atom. The number of aromatic nitrogens is 1. The first-order valence-corrected chi connectivity index (χ1v) is 7.97. The van der Waals surface area contributed by atoms with Crippen molar-refractivity contribution in [2.45, 2.75) is 44.4 Å². The van der Waals surface area contributed by atoms with E-state index < -0.39 is 0 Å². The number of nitrogens with zero attached hydrogens (tertiary/aromatic N) is 1. The van der Waals surface area contributed by atoms with Gasteiger partial charge in [0.1, 0.15) is 0 Å². The Morgan fingerprint density at radius 2 is 2.31 bits per heavy atom. The van der Waals surface area contributed by atoms with Crippen LogP contribution in [0.2, 0.25) is 0 Å². The van der Waals surface area contributed by atoms with Gasteiger partial charge in [-0.1, -0.05) is 29.8 Å². The fourth-order valence-electron chi connectivity index (χ4n) is 2.68. The van der Waals surface area contributed by atoms with Gasteiger partial charge in [-0.15, -0.1) is 11.3 Å². The average Bonchev–Trinajstić information content (AvgIpc) is 2.73. The van der Waals surface area contributed by atoms with Gasteiger partial charge in [0.2, 0.25) is 0 Å². The minimum atomic E-state index is 0.713. The summed E-state index contributed by atoms with van der Waals surface area (Å²) in [6.07, 6.45) is 7.36. The van der Waals surface area contributed by atoms with Crippen LogP contribution in [0.15, 0.2) is 11.7 Å². The van der Waals surface area contributed by atoms with Crippen LogP contribution in [0.5, 0.6) is 0 Å². The lowest BCUT2D eigenvalue weighted by molar-refractivity contribution is 0.223. The van der Waals surface area contributed by atoms with Crippen LogP contribution in [-0.2, 0) is 6.42 Å². The number of halogens is 1. The Kier molecular flexibility index (Phi) is 4.42. The number of hydrogen-bond donors (Lipinski definition) is 0. The van der Waals surface area contributed by atoms with Crippen molar-refractivity contribution in [3.63, 3.8) is 0 Å². The van der Waals surface area contributed by atoms with Crippen LogP contribution in [0.3, 0.4) is 0 Å². The molecule has 1 saturated carbocycles. The minimum Gasteiger partial charge on any atom is -0.253 e. The van der Waals surface area contributed by atoms with Crippen LogP contribution < -0.4 is 0 Å². The highest BCUT2D eigenvalue weighted by atomic mass is 79.9. The van der Waals surface area contributed by atoms with Gasteiger partial charge in [0, 0.05) is 15.9 Å². The molecule has 1 fully saturated rings. The van der Waals surface area contributed by atoms with Crippen molar-refractivity contribution in [1.29, 1.82) is 0 Å². The lowest BCUT2D eigenvalue weighted by atomic mass is 9.75.